The average molecular weight is 308 g/mol. The van der Waals surface area contributed by atoms with E-state index in [1.165, 1.54) is 0 Å². The lowest BCUT2D eigenvalue weighted by Gasteiger charge is -2.32. The third-order valence-electron chi connectivity index (χ3n) is 4.30. The minimum atomic E-state index is -0.163. The van der Waals surface area contributed by atoms with E-state index in [4.69, 9.17) is 9.15 Å². The lowest BCUT2D eigenvalue weighted by molar-refractivity contribution is 0.0569. The quantitative estimate of drug-likeness (QED) is 0.895. The normalized spacial score (nSPS) is 19.5. The van der Waals surface area contributed by atoms with Gasteiger partial charge >= 0.3 is 6.03 Å². The lowest BCUT2D eigenvalue weighted by Crippen LogP contribution is -2.48. The van der Waals surface area contributed by atoms with Crippen molar-refractivity contribution in [1.82, 2.24) is 10.6 Å². The third kappa shape index (κ3) is 4.50. The molecule has 2 N–H and O–H groups in total. The first-order valence-electron chi connectivity index (χ1n) is 8.06. The van der Waals surface area contributed by atoms with Crippen molar-refractivity contribution in [3.05, 3.63) is 24.2 Å². The second-order valence-electron chi connectivity index (χ2n) is 7.17. The van der Waals surface area contributed by atoms with Crippen LogP contribution in [0.2, 0.25) is 0 Å². The molecule has 0 aliphatic carbocycles. The summed E-state index contributed by atoms with van der Waals surface area (Å²) in [5.74, 6) is 1.26. The van der Waals surface area contributed by atoms with Gasteiger partial charge in [0.15, 0.2) is 0 Å². The van der Waals surface area contributed by atoms with E-state index in [0.717, 1.165) is 31.8 Å². The Kier molecular flexibility index (Phi) is 5.51. The highest BCUT2D eigenvalue weighted by Crippen LogP contribution is 2.32. The van der Waals surface area contributed by atoms with Crippen LogP contribution in [0.1, 0.15) is 52.3 Å². The number of amides is 2. The Labute approximate surface area is 132 Å². The van der Waals surface area contributed by atoms with Crippen molar-refractivity contribution in [2.24, 2.45) is 11.3 Å². The van der Waals surface area contributed by atoms with Crippen LogP contribution in [0.3, 0.4) is 0 Å². The van der Waals surface area contributed by atoms with Gasteiger partial charge in [0.2, 0.25) is 0 Å². The van der Waals surface area contributed by atoms with Gasteiger partial charge in [0.05, 0.1) is 12.3 Å². The Balaban J connectivity index is 1.93. The zero-order valence-electron chi connectivity index (χ0n) is 14.0. The lowest BCUT2D eigenvalue weighted by atomic mass is 9.85. The van der Waals surface area contributed by atoms with Crippen LogP contribution < -0.4 is 10.6 Å². The van der Waals surface area contributed by atoms with E-state index in [1.807, 2.05) is 12.1 Å². The maximum Gasteiger partial charge on any atom is 0.315 e. The van der Waals surface area contributed by atoms with Crippen molar-refractivity contribution >= 4 is 6.03 Å². The number of hydrogen-bond donors (Lipinski definition) is 2. The summed E-state index contributed by atoms with van der Waals surface area (Å²) in [7, 11) is 0. The van der Waals surface area contributed by atoms with Gasteiger partial charge in [-0.05, 0) is 43.2 Å². The summed E-state index contributed by atoms with van der Waals surface area (Å²) in [6.45, 7) is 9.90. The number of rotatable bonds is 4. The molecule has 1 aromatic heterocycles. The molecule has 124 valence electrons. The number of hydrogen-bond acceptors (Lipinski definition) is 3. The summed E-state index contributed by atoms with van der Waals surface area (Å²) in [5.41, 5.74) is -0.128. The van der Waals surface area contributed by atoms with Crippen molar-refractivity contribution < 1.29 is 13.9 Å². The number of nitrogens with one attached hydrogen (secondary N) is 2. The van der Waals surface area contributed by atoms with Crippen LogP contribution in [0.5, 0.6) is 0 Å². The molecule has 1 aliphatic rings. The molecule has 0 aromatic carbocycles. The SMILES string of the molecule is C[C@H](NC(=O)N[C@@H](c1ccco1)C(C)(C)C)C1CCOCC1. The topological polar surface area (TPSA) is 63.5 Å². The molecular weight excluding hydrogens is 280 g/mol. The Hall–Kier alpha value is -1.49. The molecule has 0 bridgehead atoms. The Bertz CT molecular complexity index is 459. The van der Waals surface area contributed by atoms with Crippen molar-refractivity contribution in [1.29, 1.82) is 0 Å². The van der Waals surface area contributed by atoms with Gasteiger partial charge in [-0.25, -0.2) is 4.79 Å². The van der Waals surface area contributed by atoms with Gasteiger partial charge in [-0.3, -0.25) is 0 Å². The van der Waals surface area contributed by atoms with Crippen LogP contribution in [0.15, 0.2) is 22.8 Å². The summed E-state index contributed by atoms with van der Waals surface area (Å²) in [6.07, 6.45) is 3.64. The first-order chi connectivity index (χ1) is 10.4. The standard InChI is InChI=1S/C17H28N2O3/c1-12(13-7-10-21-11-8-13)18-16(20)19-15(17(2,3)4)14-6-5-9-22-14/h5-6,9,12-13,15H,7-8,10-11H2,1-4H3,(H2,18,19,20)/t12-,15-/m0/s1. The fourth-order valence-electron chi connectivity index (χ4n) is 2.88. The van der Waals surface area contributed by atoms with Crippen LogP contribution >= 0.6 is 0 Å². The number of carbonyl (C=O) groups excluding carboxylic acids is 1. The van der Waals surface area contributed by atoms with Crippen molar-refractivity contribution in [2.75, 3.05) is 13.2 Å². The summed E-state index contributed by atoms with van der Waals surface area (Å²) < 4.78 is 10.9. The minimum absolute atomic E-state index is 0.128. The Morgan fingerprint density at radius 3 is 2.50 bits per heavy atom. The van der Waals surface area contributed by atoms with E-state index in [1.54, 1.807) is 6.26 Å². The van der Waals surface area contributed by atoms with Crippen LogP contribution in [0.4, 0.5) is 4.79 Å². The fourth-order valence-corrected chi connectivity index (χ4v) is 2.88. The zero-order chi connectivity index (χ0) is 16.2. The monoisotopic (exact) mass is 308 g/mol. The predicted octanol–water partition coefficient (Wildman–Crippen LogP) is 3.48. The van der Waals surface area contributed by atoms with E-state index >= 15 is 0 Å². The second-order valence-corrected chi connectivity index (χ2v) is 7.17. The first-order valence-corrected chi connectivity index (χ1v) is 8.06. The summed E-state index contributed by atoms with van der Waals surface area (Å²) in [5, 5.41) is 6.12. The molecular formula is C17H28N2O3. The molecule has 0 spiro atoms. The number of ether oxygens (including phenoxy) is 1. The molecule has 1 saturated heterocycles. The molecule has 0 unspecified atom stereocenters. The molecule has 1 aromatic rings. The fraction of sp³-hybridized carbons (Fsp3) is 0.706. The Morgan fingerprint density at radius 2 is 1.95 bits per heavy atom. The Morgan fingerprint density at radius 1 is 1.27 bits per heavy atom. The number of urea groups is 1. The molecule has 2 amide bonds. The van der Waals surface area contributed by atoms with Crippen molar-refractivity contribution in [3.63, 3.8) is 0 Å². The van der Waals surface area contributed by atoms with E-state index < -0.39 is 0 Å². The maximum absolute atomic E-state index is 12.4. The highest BCUT2D eigenvalue weighted by atomic mass is 16.5. The average Bonchev–Trinajstić information content (AvgIpc) is 2.98. The van der Waals surface area contributed by atoms with Crippen LogP contribution in [0, 0.1) is 11.3 Å². The first kappa shape index (κ1) is 16.9. The van der Waals surface area contributed by atoms with Gasteiger partial charge in [-0.1, -0.05) is 20.8 Å². The molecule has 2 atom stereocenters. The van der Waals surface area contributed by atoms with Gasteiger partial charge in [-0.15, -0.1) is 0 Å². The maximum atomic E-state index is 12.4. The van der Waals surface area contributed by atoms with Crippen molar-refractivity contribution in [3.8, 4) is 0 Å². The predicted molar refractivity (Wildman–Crippen MR) is 85.6 cm³/mol. The van der Waals surface area contributed by atoms with Gasteiger partial charge in [-0.2, -0.15) is 0 Å². The smallest absolute Gasteiger partial charge is 0.315 e. The van der Waals surface area contributed by atoms with Gasteiger partial charge in [0.25, 0.3) is 0 Å². The summed E-state index contributed by atoms with van der Waals surface area (Å²) in [4.78, 5) is 12.4. The van der Waals surface area contributed by atoms with Crippen LogP contribution in [0.25, 0.3) is 0 Å². The number of furan rings is 1. The molecule has 5 heteroatoms. The highest BCUT2D eigenvalue weighted by Gasteiger charge is 2.31. The molecule has 1 fully saturated rings. The largest absolute Gasteiger partial charge is 0.467 e. The number of carbonyl (C=O) groups is 1. The second kappa shape index (κ2) is 7.18. The highest BCUT2D eigenvalue weighted by molar-refractivity contribution is 5.74. The van der Waals surface area contributed by atoms with E-state index in [-0.39, 0.29) is 23.5 Å². The third-order valence-corrected chi connectivity index (χ3v) is 4.30. The molecule has 0 saturated carbocycles. The van der Waals surface area contributed by atoms with Crippen molar-refractivity contribution in [2.45, 2.75) is 52.6 Å². The van der Waals surface area contributed by atoms with Crippen LogP contribution in [-0.4, -0.2) is 25.3 Å². The molecule has 22 heavy (non-hydrogen) atoms. The summed E-state index contributed by atoms with van der Waals surface area (Å²) >= 11 is 0. The van der Waals surface area contributed by atoms with Gasteiger partial charge in [0.1, 0.15) is 5.76 Å². The molecule has 0 radical (unpaired) electrons. The molecule has 1 aliphatic heterocycles. The van der Waals surface area contributed by atoms with Crippen LogP contribution in [-0.2, 0) is 4.74 Å². The summed E-state index contributed by atoms with van der Waals surface area (Å²) in [6, 6.07) is 3.58. The van der Waals surface area contributed by atoms with E-state index in [0.29, 0.717) is 5.92 Å². The molecule has 2 rings (SSSR count). The minimum Gasteiger partial charge on any atom is -0.467 e. The van der Waals surface area contributed by atoms with E-state index in [9.17, 15) is 4.79 Å². The molecule has 5 nitrogen and oxygen atoms in total. The van der Waals surface area contributed by atoms with Gasteiger partial charge < -0.3 is 19.8 Å². The molecule has 2 heterocycles. The zero-order valence-corrected chi connectivity index (χ0v) is 14.0. The van der Waals surface area contributed by atoms with Gasteiger partial charge in [0, 0.05) is 19.3 Å². The van der Waals surface area contributed by atoms with E-state index in [2.05, 4.69) is 38.3 Å².